The van der Waals surface area contributed by atoms with E-state index in [2.05, 4.69) is 212 Å². The third-order valence-corrected chi connectivity index (χ3v) is 29.9. The van der Waals surface area contributed by atoms with Crippen molar-refractivity contribution in [2.24, 2.45) is 17.8 Å². The van der Waals surface area contributed by atoms with Crippen LogP contribution in [0.25, 0.3) is 0 Å². The molecule has 2 unspecified atom stereocenters. The summed E-state index contributed by atoms with van der Waals surface area (Å²) in [6.07, 6.45) is 30.5. The van der Waals surface area contributed by atoms with E-state index in [-0.39, 0.29) is 39.9 Å². The van der Waals surface area contributed by atoms with Crippen LogP contribution in [0.15, 0.2) is 243 Å². The van der Waals surface area contributed by atoms with Gasteiger partial charge in [0.15, 0.2) is 0 Å². The summed E-state index contributed by atoms with van der Waals surface area (Å²) in [6.45, 7) is 32.8. The summed E-state index contributed by atoms with van der Waals surface area (Å²) in [5, 5.41) is 82.3. The highest BCUT2D eigenvalue weighted by Gasteiger charge is 2.35. The fourth-order valence-electron chi connectivity index (χ4n) is 21.4. The quantitative estimate of drug-likeness (QED) is 0.0444. The highest BCUT2D eigenvalue weighted by molar-refractivity contribution is 5.60. The molecule has 12 aromatic rings. The van der Waals surface area contributed by atoms with Crippen LogP contribution in [-0.2, 0) is 10.8 Å². The molecule has 5 fully saturated rings. The number of hydrogen-bond donors (Lipinski definition) is 8. The Hall–Kier alpha value is -11.0. The Morgan fingerprint density at radius 2 is 0.531 bits per heavy atom. The zero-order chi connectivity index (χ0) is 92.9. The summed E-state index contributed by atoms with van der Waals surface area (Å²) >= 11 is 0. The molecule has 0 aromatic heterocycles. The van der Waals surface area contributed by atoms with Crippen LogP contribution >= 0.6 is 0 Å². The molecule has 0 spiro atoms. The Morgan fingerprint density at radius 3 is 0.885 bits per heavy atom. The van der Waals surface area contributed by atoms with Crippen molar-refractivity contribution in [1.29, 1.82) is 0 Å². The van der Waals surface area contributed by atoms with Crippen molar-refractivity contribution in [2.45, 2.75) is 304 Å². The van der Waals surface area contributed by atoms with Crippen LogP contribution < -0.4 is 0 Å². The van der Waals surface area contributed by atoms with Crippen molar-refractivity contribution in [3.63, 3.8) is 0 Å². The Kier molecular flexibility index (Phi) is 34.5. The highest BCUT2D eigenvalue weighted by Crippen LogP contribution is 2.51. The summed E-state index contributed by atoms with van der Waals surface area (Å²) < 4.78 is 0. The smallest absolute Gasteiger partial charge is 0.119 e. The van der Waals surface area contributed by atoms with Crippen molar-refractivity contribution in [2.75, 3.05) is 0 Å². The summed E-state index contributed by atoms with van der Waals surface area (Å²) in [5.74, 6) is 7.39. The molecule has 5 aliphatic rings. The Bertz CT molecular complexity index is 5270. The molecule has 0 radical (unpaired) electrons. The van der Waals surface area contributed by atoms with Crippen LogP contribution in [0.4, 0.5) is 0 Å². The maximum Gasteiger partial charge on any atom is 0.119 e. The fraction of sp³-hybridized carbons (Fsp3) is 0.410. The zero-order valence-corrected chi connectivity index (χ0v) is 80.8. The Labute approximate surface area is 780 Å². The number of benzene rings is 12. The average Bonchev–Trinajstić information content (AvgIpc) is 0.788. The summed E-state index contributed by atoms with van der Waals surface area (Å²) in [4.78, 5) is 0. The lowest BCUT2D eigenvalue weighted by Crippen LogP contribution is -2.26. The average molecular weight is 1740 g/mol. The van der Waals surface area contributed by atoms with Gasteiger partial charge < -0.3 is 40.9 Å². The predicted molar refractivity (Wildman–Crippen MR) is 542 cm³/mol. The molecular weight excluding hydrogens is 1590 g/mol. The minimum atomic E-state index is -0.359. The first kappa shape index (κ1) is 98.1. The lowest BCUT2D eigenvalue weighted by Gasteiger charge is -2.33. The molecule has 0 aliphatic heterocycles. The van der Waals surface area contributed by atoms with Gasteiger partial charge in [-0.1, -0.05) is 317 Å². The molecular formula is C122H150O8. The topological polar surface area (TPSA) is 162 Å². The minimum Gasteiger partial charge on any atom is -0.508 e. The molecule has 8 nitrogen and oxygen atoms in total. The number of aromatic hydroxyl groups is 8. The second kappa shape index (κ2) is 45.7. The van der Waals surface area contributed by atoms with E-state index in [9.17, 15) is 35.7 Å². The van der Waals surface area contributed by atoms with Crippen LogP contribution in [0.3, 0.4) is 0 Å². The third-order valence-electron chi connectivity index (χ3n) is 29.9. The lowest BCUT2D eigenvalue weighted by atomic mass is 9.70. The minimum absolute atomic E-state index is 0.0662. The molecule has 5 saturated carbocycles. The van der Waals surface area contributed by atoms with Crippen LogP contribution in [0, 0.1) is 80.1 Å². The first-order valence-electron chi connectivity index (χ1n) is 49.1. The highest BCUT2D eigenvalue weighted by atomic mass is 16.3. The van der Waals surface area contributed by atoms with Crippen LogP contribution in [0.2, 0.25) is 0 Å². The van der Waals surface area contributed by atoms with Crippen LogP contribution in [-0.4, -0.2) is 40.9 Å². The predicted octanol–water partition coefficient (Wildman–Crippen LogP) is 32.6. The molecule has 130 heavy (non-hydrogen) atoms. The summed E-state index contributed by atoms with van der Waals surface area (Å²) in [5.41, 5.74) is 28.0. The fourth-order valence-corrected chi connectivity index (χ4v) is 21.4. The number of phenolic OH excluding ortho intramolecular Hbond substituents is 8. The van der Waals surface area contributed by atoms with E-state index >= 15 is 0 Å². The van der Waals surface area contributed by atoms with Gasteiger partial charge in [-0.25, -0.2) is 0 Å². The zero-order valence-electron chi connectivity index (χ0n) is 80.8. The third kappa shape index (κ3) is 25.2. The standard InChI is InChI=1S/C34H42O2.C33H40O3.C30H30O2.C10H20.C8H10.C7H8O/c1-22-18-23(2)30(20-29(22)25-10-6-4-7-11-25)34(27-14-16-28(35)17-15-27)31-21-32(33(36)19-24(31)3)26-12-8-5-9-13-26;1-21-17-31(35)28(23-11-5-3-6-12-23)19-26(21)33(25-15-9-10-16-30(25)34)27-20-29(32(36)18-22(27)2)24-13-7-4-8-14-24;1-21-5-7-24(8-6-21)30(4,26-15-19-28(32)20-16-26)25-11-9-22(10-12-25)29(2,3)23-13-17-27(31)18-14-23;1-8(2)10-6-4-9(3)5-7-10;1-7-3-5-8(2)6-4-7;1-6-2-4-7(8)5-3-6/h14-21,25-26,34-36H,4-13H2,1-3H3;9-10,15-20,23-24,33-36H,3-8,11-14H2,1-2H3;5-20,31-32H,1-4H3;8-10H,4-7H2,1-3H3;3-6H,1-2H3;2-5,8H,1H3. The first-order valence-corrected chi connectivity index (χ1v) is 49.1. The molecule has 2 atom stereocenters. The van der Waals surface area contributed by atoms with Crippen molar-refractivity contribution >= 4 is 0 Å². The number of phenols is 8. The van der Waals surface area contributed by atoms with Gasteiger partial charge in [-0.3, -0.25) is 0 Å². The molecule has 12 aromatic carbocycles. The molecule has 17 rings (SSSR count). The molecule has 0 bridgehead atoms. The monoisotopic (exact) mass is 1740 g/mol. The maximum atomic E-state index is 11.0. The van der Waals surface area contributed by atoms with Gasteiger partial charge in [-0.15, -0.1) is 0 Å². The Balaban J connectivity index is 0.000000154. The summed E-state index contributed by atoms with van der Waals surface area (Å²) in [7, 11) is 0. The van der Waals surface area contributed by atoms with E-state index < -0.39 is 0 Å². The van der Waals surface area contributed by atoms with Gasteiger partial charge in [0.25, 0.3) is 0 Å². The molecule has 8 N–H and O–H groups in total. The molecule has 0 saturated heterocycles. The van der Waals surface area contributed by atoms with E-state index in [1.807, 2.05) is 91.9 Å². The number of hydrogen-bond acceptors (Lipinski definition) is 8. The lowest BCUT2D eigenvalue weighted by molar-refractivity contribution is 0.234. The first-order chi connectivity index (χ1) is 62.3. The van der Waals surface area contributed by atoms with Gasteiger partial charge in [0.2, 0.25) is 0 Å². The van der Waals surface area contributed by atoms with Gasteiger partial charge in [0.1, 0.15) is 46.0 Å². The largest absolute Gasteiger partial charge is 0.508 e. The second-order valence-corrected chi connectivity index (χ2v) is 40.3. The van der Waals surface area contributed by atoms with Crippen molar-refractivity contribution in [3.8, 4) is 46.0 Å². The van der Waals surface area contributed by atoms with E-state index in [0.29, 0.717) is 52.4 Å². The van der Waals surface area contributed by atoms with Crippen LogP contribution in [0.1, 0.15) is 365 Å². The van der Waals surface area contributed by atoms with Crippen molar-refractivity contribution < 1.29 is 40.9 Å². The van der Waals surface area contributed by atoms with Crippen molar-refractivity contribution in [3.05, 3.63) is 376 Å². The van der Waals surface area contributed by atoms with Gasteiger partial charge in [0, 0.05) is 28.2 Å². The second-order valence-electron chi connectivity index (χ2n) is 40.3. The molecule has 8 heteroatoms. The van der Waals surface area contributed by atoms with Gasteiger partial charge in [0.05, 0.1) is 0 Å². The van der Waals surface area contributed by atoms with Crippen molar-refractivity contribution in [1.82, 2.24) is 0 Å². The number of para-hydroxylation sites is 1. The molecule has 686 valence electrons. The maximum absolute atomic E-state index is 11.0. The van der Waals surface area contributed by atoms with Gasteiger partial charge in [-0.05, 0) is 353 Å². The van der Waals surface area contributed by atoms with E-state index in [0.717, 1.165) is 117 Å². The van der Waals surface area contributed by atoms with E-state index in [4.69, 9.17) is 5.11 Å². The van der Waals surface area contributed by atoms with Gasteiger partial charge >= 0.3 is 0 Å². The van der Waals surface area contributed by atoms with E-state index in [1.54, 1.807) is 42.5 Å². The van der Waals surface area contributed by atoms with Crippen LogP contribution in [0.5, 0.6) is 46.0 Å². The van der Waals surface area contributed by atoms with E-state index in [1.165, 1.54) is 188 Å². The summed E-state index contributed by atoms with van der Waals surface area (Å²) in [6, 6.07) is 80.9. The molecule has 5 aliphatic carbocycles. The van der Waals surface area contributed by atoms with Gasteiger partial charge in [-0.2, -0.15) is 0 Å². The normalized spacial score (nSPS) is 17.1. The molecule has 0 amide bonds. The Morgan fingerprint density at radius 1 is 0.254 bits per heavy atom. The molecule has 0 heterocycles. The SMILES string of the molecule is CC1CCC(C(C)C)CC1.Cc1cc(C)c(C(c2ccc(O)cc2)c2cc(C3CCCCC3)c(O)cc2C)cc1C1CCCCC1.Cc1cc(O)c(C2CCCCC2)cc1C(c1cc(C2CCCCC2)c(O)cc1C)c1ccccc1O.Cc1ccc(C(C)(c2ccc(O)cc2)c2ccc(C(C)(C)c3ccc(O)cc3)cc2)cc1.Cc1ccc(C)cc1.Cc1ccc(O)cc1. The number of rotatable bonds is 16. The number of aryl methyl sites for hydroxylation is 9.